The molecule has 1 heterocycles. The fourth-order valence-electron chi connectivity index (χ4n) is 2.08. The number of esters is 1. The first-order valence-corrected chi connectivity index (χ1v) is 7.29. The van der Waals surface area contributed by atoms with E-state index >= 15 is 0 Å². The third kappa shape index (κ3) is 4.40. The molecule has 2 rings (SSSR count). The van der Waals surface area contributed by atoms with Gasteiger partial charge in [-0.05, 0) is 31.2 Å². The first-order valence-electron chi connectivity index (χ1n) is 7.29. The highest BCUT2D eigenvalue weighted by atomic mass is 19.4. The number of amides is 1. The van der Waals surface area contributed by atoms with Gasteiger partial charge < -0.3 is 14.1 Å². The number of likely N-dealkylation sites (N-methyl/N-ethyl adjacent to an activating group) is 1. The quantitative estimate of drug-likeness (QED) is 0.787. The average molecular weight is 355 g/mol. The van der Waals surface area contributed by atoms with Crippen LogP contribution in [0.1, 0.15) is 23.0 Å². The van der Waals surface area contributed by atoms with E-state index in [1.165, 1.54) is 50.2 Å². The molecule has 25 heavy (non-hydrogen) atoms. The number of hydrogen-bond donors (Lipinski definition) is 0. The van der Waals surface area contributed by atoms with Crippen molar-refractivity contribution in [2.24, 2.45) is 0 Å². The standard InChI is InChI=1S/C17H16F3NO4/c1-10(15(22)21(2)3)24-16(23)14-8-7-13(25-14)11-5-4-6-12(9-11)17(18,19)20/h4-10H,1-3H3. The monoisotopic (exact) mass is 355 g/mol. The lowest BCUT2D eigenvalue weighted by Gasteiger charge is -2.16. The Labute approximate surface area is 142 Å². The SMILES string of the molecule is CC(OC(=O)c1ccc(-c2cccc(C(F)(F)F)c2)o1)C(=O)N(C)C. The highest BCUT2D eigenvalue weighted by Gasteiger charge is 2.30. The minimum atomic E-state index is -4.48. The summed E-state index contributed by atoms with van der Waals surface area (Å²) in [6.07, 6.45) is -5.49. The summed E-state index contributed by atoms with van der Waals surface area (Å²) < 4.78 is 48.5. The van der Waals surface area contributed by atoms with E-state index < -0.39 is 29.7 Å². The van der Waals surface area contributed by atoms with E-state index in [-0.39, 0.29) is 17.1 Å². The molecule has 0 spiro atoms. The van der Waals surface area contributed by atoms with E-state index in [1.807, 2.05) is 0 Å². The number of nitrogens with zero attached hydrogens (tertiary/aromatic N) is 1. The average Bonchev–Trinajstić information content (AvgIpc) is 3.03. The lowest BCUT2D eigenvalue weighted by Crippen LogP contribution is -2.34. The molecule has 1 unspecified atom stereocenters. The minimum absolute atomic E-state index is 0.0876. The number of ether oxygens (including phenoxy) is 1. The van der Waals surface area contributed by atoms with Gasteiger partial charge in [-0.2, -0.15) is 13.2 Å². The fraction of sp³-hybridized carbons (Fsp3) is 0.294. The molecule has 1 atom stereocenters. The highest BCUT2D eigenvalue weighted by molar-refractivity contribution is 5.90. The number of furan rings is 1. The van der Waals surface area contributed by atoms with E-state index in [9.17, 15) is 22.8 Å². The second-order valence-corrected chi connectivity index (χ2v) is 5.52. The Hall–Kier alpha value is -2.77. The Balaban J connectivity index is 2.17. The Bertz CT molecular complexity index is 780. The van der Waals surface area contributed by atoms with Gasteiger partial charge >= 0.3 is 12.1 Å². The molecule has 0 aliphatic carbocycles. The minimum Gasteiger partial charge on any atom is -0.449 e. The summed E-state index contributed by atoms with van der Waals surface area (Å²) in [5, 5.41) is 0. The molecule has 0 bridgehead atoms. The summed E-state index contributed by atoms with van der Waals surface area (Å²) in [6.45, 7) is 1.41. The molecule has 2 aromatic rings. The summed E-state index contributed by atoms with van der Waals surface area (Å²) in [4.78, 5) is 24.9. The van der Waals surface area contributed by atoms with E-state index in [4.69, 9.17) is 9.15 Å². The van der Waals surface area contributed by atoms with Crippen molar-refractivity contribution in [3.05, 3.63) is 47.7 Å². The number of carbonyl (C=O) groups excluding carboxylic acids is 2. The maximum atomic E-state index is 12.8. The van der Waals surface area contributed by atoms with E-state index in [1.54, 1.807) is 0 Å². The van der Waals surface area contributed by atoms with Crippen molar-refractivity contribution >= 4 is 11.9 Å². The number of hydrogen-bond acceptors (Lipinski definition) is 4. The largest absolute Gasteiger partial charge is 0.449 e. The van der Waals surface area contributed by atoms with E-state index in [0.29, 0.717) is 0 Å². The maximum Gasteiger partial charge on any atom is 0.416 e. The van der Waals surface area contributed by atoms with Crippen LogP contribution in [0.25, 0.3) is 11.3 Å². The zero-order chi connectivity index (χ0) is 18.8. The lowest BCUT2D eigenvalue weighted by atomic mass is 10.1. The molecule has 5 nitrogen and oxygen atoms in total. The van der Waals surface area contributed by atoms with Crippen LogP contribution in [0, 0.1) is 0 Å². The van der Waals surface area contributed by atoms with Gasteiger partial charge in [0.1, 0.15) is 5.76 Å². The van der Waals surface area contributed by atoms with Crippen LogP contribution in [0.5, 0.6) is 0 Å². The van der Waals surface area contributed by atoms with Crippen LogP contribution in [-0.4, -0.2) is 37.0 Å². The molecule has 0 radical (unpaired) electrons. The molecule has 0 aliphatic heterocycles. The van der Waals surface area contributed by atoms with Crippen LogP contribution >= 0.6 is 0 Å². The number of alkyl halides is 3. The van der Waals surface area contributed by atoms with Crippen molar-refractivity contribution in [1.82, 2.24) is 4.90 Å². The molecule has 1 aromatic heterocycles. The van der Waals surface area contributed by atoms with Crippen LogP contribution in [0.4, 0.5) is 13.2 Å². The smallest absolute Gasteiger partial charge is 0.416 e. The van der Waals surface area contributed by atoms with E-state index in [2.05, 4.69) is 0 Å². The van der Waals surface area contributed by atoms with Crippen LogP contribution in [-0.2, 0) is 15.7 Å². The number of rotatable bonds is 4. The molecule has 0 saturated heterocycles. The first-order chi connectivity index (χ1) is 11.6. The molecule has 0 fully saturated rings. The molecule has 1 amide bonds. The molecule has 0 saturated carbocycles. The highest BCUT2D eigenvalue weighted by Crippen LogP contribution is 2.32. The van der Waals surface area contributed by atoms with Crippen LogP contribution in [0.15, 0.2) is 40.8 Å². The summed E-state index contributed by atoms with van der Waals surface area (Å²) in [7, 11) is 3.04. The predicted octanol–water partition coefficient (Wildman–Crippen LogP) is 3.60. The van der Waals surface area contributed by atoms with Crippen molar-refractivity contribution in [2.45, 2.75) is 19.2 Å². The molecule has 8 heteroatoms. The van der Waals surface area contributed by atoms with Crippen LogP contribution < -0.4 is 0 Å². The summed E-state index contributed by atoms with van der Waals surface area (Å²) in [5.41, 5.74) is -0.651. The molecule has 1 aromatic carbocycles. The van der Waals surface area contributed by atoms with Gasteiger partial charge in [0, 0.05) is 19.7 Å². The normalized spacial score (nSPS) is 12.6. The second kappa shape index (κ2) is 7.00. The lowest BCUT2D eigenvalue weighted by molar-refractivity contribution is -0.138. The number of benzene rings is 1. The van der Waals surface area contributed by atoms with Gasteiger partial charge in [0.2, 0.25) is 5.76 Å². The van der Waals surface area contributed by atoms with Gasteiger partial charge in [-0.15, -0.1) is 0 Å². The topological polar surface area (TPSA) is 59.8 Å². The predicted molar refractivity (Wildman–Crippen MR) is 82.7 cm³/mol. The van der Waals surface area contributed by atoms with E-state index in [0.717, 1.165) is 12.1 Å². The van der Waals surface area contributed by atoms with Crippen molar-refractivity contribution in [3.8, 4) is 11.3 Å². The fourth-order valence-corrected chi connectivity index (χ4v) is 2.08. The van der Waals surface area contributed by atoms with Crippen LogP contribution in [0.2, 0.25) is 0 Å². The van der Waals surface area contributed by atoms with Crippen molar-refractivity contribution < 1.29 is 31.9 Å². The number of carbonyl (C=O) groups is 2. The van der Waals surface area contributed by atoms with Gasteiger partial charge in [-0.1, -0.05) is 12.1 Å². The third-order valence-corrected chi connectivity index (χ3v) is 3.35. The second-order valence-electron chi connectivity index (χ2n) is 5.52. The zero-order valence-electron chi connectivity index (χ0n) is 13.8. The summed E-state index contributed by atoms with van der Waals surface area (Å²) in [5.74, 6) is -1.39. The van der Waals surface area contributed by atoms with Crippen molar-refractivity contribution in [1.29, 1.82) is 0 Å². The summed E-state index contributed by atoms with van der Waals surface area (Å²) in [6, 6.07) is 7.19. The molecule has 0 aliphatic rings. The number of halogens is 3. The Kier molecular flexibility index (Phi) is 5.20. The van der Waals surface area contributed by atoms with Gasteiger partial charge in [-0.3, -0.25) is 4.79 Å². The molecular formula is C17H16F3NO4. The third-order valence-electron chi connectivity index (χ3n) is 3.35. The Morgan fingerprint density at radius 3 is 2.44 bits per heavy atom. The maximum absolute atomic E-state index is 12.8. The van der Waals surface area contributed by atoms with Crippen molar-refractivity contribution in [2.75, 3.05) is 14.1 Å². The Morgan fingerprint density at radius 1 is 1.16 bits per heavy atom. The molecular weight excluding hydrogens is 339 g/mol. The van der Waals surface area contributed by atoms with Gasteiger partial charge in [0.25, 0.3) is 5.91 Å². The zero-order valence-corrected chi connectivity index (χ0v) is 13.8. The molecule has 134 valence electrons. The summed E-state index contributed by atoms with van der Waals surface area (Å²) >= 11 is 0. The molecule has 0 N–H and O–H groups in total. The van der Waals surface area contributed by atoms with Crippen molar-refractivity contribution in [3.63, 3.8) is 0 Å². The first kappa shape index (κ1) is 18.6. The van der Waals surface area contributed by atoms with Crippen LogP contribution in [0.3, 0.4) is 0 Å². The van der Waals surface area contributed by atoms with Gasteiger partial charge in [-0.25, -0.2) is 4.79 Å². The Morgan fingerprint density at radius 2 is 1.84 bits per heavy atom. The van der Waals surface area contributed by atoms with Gasteiger partial charge in [0.05, 0.1) is 5.56 Å². The van der Waals surface area contributed by atoms with Gasteiger partial charge in [0.15, 0.2) is 6.10 Å².